The molecule has 1 aromatic rings. The van der Waals surface area contributed by atoms with Crippen LogP contribution >= 0.6 is 0 Å². The summed E-state index contributed by atoms with van der Waals surface area (Å²) in [6, 6.07) is 2.76. The molecule has 1 amide bonds. The molecule has 1 heterocycles. The lowest BCUT2D eigenvalue weighted by Gasteiger charge is -2.27. The molecule has 0 bridgehead atoms. The fourth-order valence-corrected chi connectivity index (χ4v) is 2.61. The first-order chi connectivity index (χ1) is 8.65. The molecule has 0 radical (unpaired) electrons. The van der Waals surface area contributed by atoms with Gasteiger partial charge in [0.25, 0.3) is 11.5 Å². The maximum Gasteiger partial charge on any atom is 0.271 e. The maximum absolute atomic E-state index is 11.9. The fraction of sp³-hybridized carbons (Fsp3) is 0.615. The molecule has 0 unspecified atom stereocenters. The van der Waals surface area contributed by atoms with Gasteiger partial charge in [-0.1, -0.05) is 19.8 Å². The summed E-state index contributed by atoms with van der Waals surface area (Å²) in [5.41, 5.74) is 0.226. The second kappa shape index (κ2) is 5.33. The van der Waals surface area contributed by atoms with E-state index < -0.39 is 0 Å². The number of carbonyl (C=O) groups is 1. The smallest absolute Gasteiger partial charge is 0.271 e. The summed E-state index contributed by atoms with van der Waals surface area (Å²) in [6.07, 6.45) is 5.96. The third-order valence-corrected chi connectivity index (χ3v) is 3.95. The molecule has 18 heavy (non-hydrogen) atoms. The number of aromatic amines is 1. The van der Waals surface area contributed by atoms with Gasteiger partial charge in [0.05, 0.1) is 0 Å². The van der Waals surface area contributed by atoms with Crippen molar-refractivity contribution in [1.82, 2.24) is 15.5 Å². The number of nitrogens with zero attached hydrogens (tertiary/aromatic N) is 1. The Hall–Kier alpha value is -1.65. The zero-order valence-corrected chi connectivity index (χ0v) is 10.7. The van der Waals surface area contributed by atoms with Gasteiger partial charge in [-0.2, -0.15) is 5.10 Å². The van der Waals surface area contributed by atoms with E-state index in [0.717, 1.165) is 6.42 Å². The quantitative estimate of drug-likeness (QED) is 0.848. The predicted molar refractivity (Wildman–Crippen MR) is 68.4 cm³/mol. The lowest BCUT2D eigenvalue weighted by molar-refractivity contribution is 0.0922. The van der Waals surface area contributed by atoms with Gasteiger partial charge in [0.15, 0.2) is 0 Å². The van der Waals surface area contributed by atoms with Gasteiger partial charge in [-0.05, 0) is 30.7 Å². The molecule has 2 rings (SSSR count). The minimum atomic E-state index is -0.299. The van der Waals surface area contributed by atoms with Gasteiger partial charge in [-0.3, -0.25) is 9.59 Å². The summed E-state index contributed by atoms with van der Waals surface area (Å²) in [5.74, 6) is -0.217. The van der Waals surface area contributed by atoms with Crippen LogP contribution < -0.4 is 10.9 Å². The Labute approximate surface area is 106 Å². The van der Waals surface area contributed by atoms with Crippen LogP contribution in [-0.2, 0) is 0 Å². The van der Waals surface area contributed by atoms with Crippen molar-refractivity contribution < 1.29 is 4.79 Å². The molecule has 1 aromatic heterocycles. The molecule has 5 nitrogen and oxygen atoms in total. The molecule has 1 aliphatic carbocycles. The van der Waals surface area contributed by atoms with E-state index >= 15 is 0 Å². The summed E-state index contributed by atoms with van der Waals surface area (Å²) in [4.78, 5) is 22.7. The SMILES string of the molecule is CCC1(CNC(=O)c2ccc(=O)[nH]n2)CCCC1. The van der Waals surface area contributed by atoms with Crippen LogP contribution in [0.25, 0.3) is 0 Å². The van der Waals surface area contributed by atoms with E-state index in [0.29, 0.717) is 6.54 Å². The van der Waals surface area contributed by atoms with Crippen molar-refractivity contribution in [2.75, 3.05) is 6.54 Å². The highest BCUT2D eigenvalue weighted by Crippen LogP contribution is 2.40. The summed E-state index contributed by atoms with van der Waals surface area (Å²) < 4.78 is 0. The molecule has 1 aliphatic rings. The van der Waals surface area contributed by atoms with Gasteiger partial charge in [0.1, 0.15) is 5.69 Å². The normalized spacial score (nSPS) is 17.6. The van der Waals surface area contributed by atoms with Crippen molar-refractivity contribution in [2.24, 2.45) is 5.41 Å². The van der Waals surface area contributed by atoms with Crippen LogP contribution in [0, 0.1) is 5.41 Å². The monoisotopic (exact) mass is 249 g/mol. The first kappa shape index (κ1) is 12.8. The van der Waals surface area contributed by atoms with Crippen LogP contribution in [0.5, 0.6) is 0 Å². The number of H-pyrrole nitrogens is 1. The first-order valence-corrected chi connectivity index (χ1v) is 6.49. The van der Waals surface area contributed by atoms with Crippen LogP contribution in [-0.4, -0.2) is 22.6 Å². The highest BCUT2D eigenvalue weighted by Gasteiger charge is 2.32. The van der Waals surface area contributed by atoms with E-state index in [1.54, 1.807) is 0 Å². The number of aromatic nitrogens is 2. The molecule has 1 saturated carbocycles. The van der Waals surface area contributed by atoms with Gasteiger partial charge in [0.2, 0.25) is 0 Å². The Morgan fingerprint density at radius 1 is 1.44 bits per heavy atom. The number of hydrogen-bond donors (Lipinski definition) is 2. The van der Waals surface area contributed by atoms with E-state index in [-0.39, 0.29) is 22.6 Å². The van der Waals surface area contributed by atoms with Crippen molar-refractivity contribution in [2.45, 2.75) is 39.0 Å². The standard InChI is InChI=1S/C13H19N3O2/c1-2-13(7-3-4-8-13)9-14-12(18)10-5-6-11(17)16-15-10/h5-6H,2-4,7-9H2,1H3,(H,14,18)(H,16,17). The van der Waals surface area contributed by atoms with Gasteiger partial charge in [-0.25, -0.2) is 5.10 Å². The topological polar surface area (TPSA) is 74.8 Å². The largest absolute Gasteiger partial charge is 0.350 e. The Morgan fingerprint density at radius 2 is 2.17 bits per heavy atom. The van der Waals surface area contributed by atoms with Crippen LogP contribution in [0.1, 0.15) is 49.5 Å². The van der Waals surface area contributed by atoms with Gasteiger partial charge < -0.3 is 5.32 Å². The first-order valence-electron chi connectivity index (χ1n) is 6.49. The van der Waals surface area contributed by atoms with Gasteiger partial charge in [0, 0.05) is 12.6 Å². The second-order valence-electron chi connectivity index (χ2n) is 5.05. The van der Waals surface area contributed by atoms with E-state index in [1.165, 1.54) is 37.8 Å². The Balaban J connectivity index is 1.95. The number of nitrogens with one attached hydrogen (secondary N) is 2. The number of hydrogen-bond acceptors (Lipinski definition) is 3. The molecule has 0 spiro atoms. The molecule has 0 atom stereocenters. The van der Waals surface area contributed by atoms with Crippen molar-refractivity contribution in [3.8, 4) is 0 Å². The van der Waals surface area contributed by atoms with Crippen molar-refractivity contribution in [3.63, 3.8) is 0 Å². The van der Waals surface area contributed by atoms with E-state index in [2.05, 4.69) is 22.4 Å². The van der Waals surface area contributed by atoms with E-state index in [4.69, 9.17) is 0 Å². The molecule has 1 fully saturated rings. The number of amides is 1. The summed E-state index contributed by atoms with van der Waals surface area (Å²) >= 11 is 0. The van der Waals surface area contributed by atoms with E-state index in [1.807, 2.05) is 0 Å². The average molecular weight is 249 g/mol. The Morgan fingerprint density at radius 3 is 2.72 bits per heavy atom. The molecular weight excluding hydrogens is 230 g/mol. The zero-order valence-electron chi connectivity index (χ0n) is 10.7. The van der Waals surface area contributed by atoms with Crippen molar-refractivity contribution in [1.29, 1.82) is 0 Å². The summed E-state index contributed by atoms with van der Waals surface area (Å²) in [7, 11) is 0. The molecule has 0 saturated heterocycles. The second-order valence-corrected chi connectivity index (χ2v) is 5.05. The Kier molecular flexibility index (Phi) is 3.79. The summed E-state index contributed by atoms with van der Waals surface area (Å²) in [5, 5.41) is 8.92. The molecule has 5 heteroatoms. The van der Waals surface area contributed by atoms with E-state index in [9.17, 15) is 9.59 Å². The number of rotatable bonds is 4. The third-order valence-electron chi connectivity index (χ3n) is 3.95. The summed E-state index contributed by atoms with van der Waals surface area (Å²) in [6.45, 7) is 2.87. The number of carbonyl (C=O) groups excluding carboxylic acids is 1. The van der Waals surface area contributed by atoms with Crippen LogP contribution in [0.15, 0.2) is 16.9 Å². The van der Waals surface area contributed by atoms with Gasteiger partial charge >= 0.3 is 0 Å². The minimum absolute atomic E-state index is 0.217. The zero-order chi connectivity index (χ0) is 13.0. The van der Waals surface area contributed by atoms with Crippen molar-refractivity contribution in [3.05, 3.63) is 28.2 Å². The highest BCUT2D eigenvalue weighted by molar-refractivity contribution is 5.91. The van der Waals surface area contributed by atoms with Crippen LogP contribution in [0.2, 0.25) is 0 Å². The Bertz CT molecular complexity index is 455. The van der Waals surface area contributed by atoms with Crippen molar-refractivity contribution >= 4 is 5.91 Å². The molecule has 0 aromatic carbocycles. The lowest BCUT2D eigenvalue weighted by atomic mass is 9.83. The van der Waals surface area contributed by atoms with Crippen LogP contribution in [0.4, 0.5) is 0 Å². The predicted octanol–water partition coefficient (Wildman–Crippen LogP) is 1.47. The fourth-order valence-electron chi connectivity index (χ4n) is 2.61. The lowest BCUT2D eigenvalue weighted by Crippen LogP contribution is -2.36. The molecule has 2 N–H and O–H groups in total. The average Bonchev–Trinajstić information content (AvgIpc) is 2.86. The molecular formula is C13H19N3O2. The molecule has 0 aliphatic heterocycles. The minimum Gasteiger partial charge on any atom is -0.350 e. The van der Waals surface area contributed by atoms with Crippen LogP contribution in [0.3, 0.4) is 0 Å². The maximum atomic E-state index is 11.9. The molecule has 98 valence electrons. The van der Waals surface area contributed by atoms with Gasteiger partial charge in [-0.15, -0.1) is 0 Å². The third kappa shape index (κ3) is 2.78. The highest BCUT2D eigenvalue weighted by atomic mass is 16.2.